The minimum atomic E-state index is -2.67. The third-order valence-corrected chi connectivity index (χ3v) is 7.63. The first kappa shape index (κ1) is 20.5. The highest BCUT2D eigenvalue weighted by molar-refractivity contribution is 5.96. The second kappa shape index (κ2) is 7.20. The molecule has 2 aliphatic carbocycles. The quantitative estimate of drug-likeness (QED) is 0.699. The van der Waals surface area contributed by atoms with Gasteiger partial charge < -0.3 is 9.80 Å². The van der Waals surface area contributed by atoms with Crippen LogP contribution in [0.4, 0.5) is 14.5 Å². The average molecular weight is 453 g/mol. The summed E-state index contributed by atoms with van der Waals surface area (Å²) in [5.74, 6) is -1.54. The van der Waals surface area contributed by atoms with E-state index in [1.807, 2.05) is 12.1 Å². The number of rotatable bonds is 2. The molecule has 0 bridgehead atoms. The van der Waals surface area contributed by atoms with E-state index < -0.39 is 5.92 Å². The Bertz CT molecular complexity index is 1260. The molecular weight excluding hydrogens is 428 g/mol. The predicted molar refractivity (Wildman–Crippen MR) is 119 cm³/mol. The largest absolute Gasteiger partial charge is 0.363 e. The molecule has 6 rings (SSSR count). The van der Waals surface area contributed by atoms with E-state index in [1.54, 1.807) is 24.3 Å². The normalized spacial score (nSPS) is 30.0. The van der Waals surface area contributed by atoms with E-state index in [0.29, 0.717) is 28.3 Å². The molecule has 0 spiro atoms. The van der Waals surface area contributed by atoms with Crippen LogP contribution in [0, 0.1) is 17.8 Å². The van der Waals surface area contributed by atoms with Gasteiger partial charge in [0, 0.05) is 56.4 Å². The fourth-order valence-electron chi connectivity index (χ4n) is 5.61. The minimum absolute atomic E-state index is 0.0924. The standard InChI is InChI=1S/C24H25F2N5O2/c1-29-23(33)21-15(11-28-29)8-17(12-27-21)31-13-16-10-18(16)19-9-14(2-3-20(19)31)22(32)30-6-4-24(25,26)5-7-30/h2-3,8-9,11-12,16,18-20H,4-7,10,13H2,1H3. The number of alkyl halides is 2. The first-order valence-corrected chi connectivity index (χ1v) is 11.5. The summed E-state index contributed by atoms with van der Waals surface area (Å²) < 4.78 is 28.3. The fourth-order valence-corrected chi connectivity index (χ4v) is 5.61. The van der Waals surface area contributed by atoms with Gasteiger partial charge in [0.15, 0.2) is 0 Å². The van der Waals surface area contributed by atoms with Crippen LogP contribution in [-0.4, -0.2) is 57.2 Å². The monoisotopic (exact) mass is 453 g/mol. The number of hydrogen-bond donors (Lipinski definition) is 0. The first-order valence-electron chi connectivity index (χ1n) is 11.5. The van der Waals surface area contributed by atoms with Crippen LogP contribution < -0.4 is 10.5 Å². The molecule has 2 saturated heterocycles. The summed E-state index contributed by atoms with van der Waals surface area (Å²) in [5, 5.41) is 4.82. The van der Waals surface area contributed by atoms with E-state index in [0.717, 1.165) is 18.7 Å². The van der Waals surface area contributed by atoms with Gasteiger partial charge in [-0.3, -0.25) is 9.59 Å². The van der Waals surface area contributed by atoms with E-state index >= 15 is 0 Å². The van der Waals surface area contributed by atoms with Crippen LogP contribution in [0.3, 0.4) is 0 Å². The van der Waals surface area contributed by atoms with Gasteiger partial charge in [-0.25, -0.2) is 18.4 Å². The first-order chi connectivity index (χ1) is 15.8. The SMILES string of the molecule is Cn1ncc2cc(N3CC4CC4C4C=C(C(=O)N5CCC(F)(F)CC5)C=CC43)cnc2c1=O. The molecular formula is C24H25F2N5O2. The summed E-state index contributed by atoms with van der Waals surface area (Å²) in [7, 11) is 1.60. The zero-order valence-electron chi connectivity index (χ0n) is 18.3. The van der Waals surface area contributed by atoms with Crippen molar-refractivity contribution in [1.82, 2.24) is 19.7 Å². The molecule has 0 radical (unpaired) electrons. The van der Waals surface area contributed by atoms with Gasteiger partial charge in [-0.2, -0.15) is 5.10 Å². The summed E-state index contributed by atoms with van der Waals surface area (Å²) in [5.41, 5.74) is 1.72. The molecule has 3 fully saturated rings. The lowest BCUT2D eigenvalue weighted by molar-refractivity contribution is -0.132. The zero-order chi connectivity index (χ0) is 22.9. The Morgan fingerprint density at radius 3 is 2.79 bits per heavy atom. The molecule has 4 aliphatic rings. The molecule has 1 saturated carbocycles. The number of carbonyl (C=O) groups is 1. The van der Waals surface area contributed by atoms with Gasteiger partial charge in [0.05, 0.1) is 24.1 Å². The van der Waals surface area contributed by atoms with E-state index in [4.69, 9.17) is 0 Å². The molecule has 9 heteroatoms. The van der Waals surface area contributed by atoms with Crippen LogP contribution in [0.2, 0.25) is 0 Å². The Labute approximate surface area is 189 Å². The minimum Gasteiger partial charge on any atom is -0.363 e. The molecule has 0 aromatic carbocycles. The van der Waals surface area contributed by atoms with Crippen molar-refractivity contribution in [2.75, 3.05) is 24.5 Å². The van der Waals surface area contributed by atoms with Crippen LogP contribution in [-0.2, 0) is 11.8 Å². The number of anilines is 1. The molecule has 33 heavy (non-hydrogen) atoms. The van der Waals surface area contributed by atoms with Crippen molar-refractivity contribution in [1.29, 1.82) is 0 Å². The Hall–Kier alpha value is -3.10. The van der Waals surface area contributed by atoms with Gasteiger partial charge in [0.2, 0.25) is 0 Å². The topological polar surface area (TPSA) is 71.3 Å². The van der Waals surface area contributed by atoms with Crippen molar-refractivity contribution in [3.8, 4) is 0 Å². The number of nitrogens with zero attached hydrogens (tertiary/aromatic N) is 5. The molecule has 2 aliphatic heterocycles. The van der Waals surface area contributed by atoms with Gasteiger partial charge in [-0.15, -0.1) is 0 Å². The molecule has 2 aromatic heterocycles. The average Bonchev–Trinajstić information content (AvgIpc) is 3.60. The lowest BCUT2D eigenvalue weighted by Crippen LogP contribution is -2.47. The number of carbonyl (C=O) groups excluding carboxylic acids is 1. The van der Waals surface area contributed by atoms with E-state index in [-0.39, 0.29) is 49.4 Å². The number of hydrogen-bond acceptors (Lipinski definition) is 5. The highest BCUT2D eigenvalue weighted by atomic mass is 19.3. The number of aryl methyl sites for hydroxylation is 1. The van der Waals surface area contributed by atoms with E-state index in [9.17, 15) is 18.4 Å². The highest BCUT2D eigenvalue weighted by Gasteiger charge is 2.52. The van der Waals surface area contributed by atoms with E-state index in [2.05, 4.69) is 27.1 Å². The van der Waals surface area contributed by atoms with Crippen LogP contribution in [0.5, 0.6) is 0 Å². The van der Waals surface area contributed by atoms with Crippen molar-refractivity contribution >= 4 is 22.5 Å². The van der Waals surface area contributed by atoms with Crippen molar-refractivity contribution in [2.45, 2.75) is 31.2 Å². The lowest BCUT2D eigenvalue weighted by Gasteiger charge is -2.42. The Balaban J connectivity index is 1.26. The van der Waals surface area contributed by atoms with E-state index in [1.165, 1.54) is 4.68 Å². The predicted octanol–water partition coefficient (Wildman–Crippen LogP) is 2.52. The summed E-state index contributed by atoms with van der Waals surface area (Å²) in [6.45, 7) is 1.10. The molecule has 4 unspecified atom stereocenters. The molecule has 4 heterocycles. The Morgan fingerprint density at radius 2 is 2.00 bits per heavy atom. The van der Waals surface area contributed by atoms with Gasteiger partial charge in [0.25, 0.3) is 17.4 Å². The maximum atomic E-state index is 13.5. The Kier molecular flexibility index (Phi) is 4.47. The molecule has 4 atom stereocenters. The van der Waals surface area contributed by atoms with Gasteiger partial charge in [0.1, 0.15) is 5.52 Å². The summed E-state index contributed by atoms with van der Waals surface area (Å²) in [6, 6.07) is 2.05. The van der Waals surface area contributed by atoms with Gasteiger partial charge in [-0.1, -0.05) is 18.2 Å². The molecule has 0 N–H and O–H groups in total. The van der Waals surface area contributed by atoms with Gasteiger partial charge in [-0.05, 0) is 24.3 Å². The third kappa shape index (κ3) is 3.45. The molecule has 2 aromatic rings. The maximum Gasteiger partial charge on any atom is 0.292 e. The van der Waals surface area contributed by atoms with Crippen LogP contribution in [0.25, 0.3) is 10.9 Å². The summed E-state index contributed by atoms with van der Waals surface area (Å²) >= 11 is 0. The second-order valence-corrected chi connectivity index (χ2v) is 9.71. The molecule has 1 amide bonds. The summed E-state index contributed by atoms with van der Waals surface area (Å²) in [6.07, 6.45) is 9.94. The van der Waals surface area contributed by atoms with Gasteiger partial charge >= 0.3 is 0 Å². The zero-order valence-corrected chi connectivity index (χ0v) is 18.3. The number of likely N-dealkylation sites (tertiary alicyclic amines) is 1. The number of halogens is 2. The second-order valence-electron chi connectivity index (χ2n) is 9.71. The molecule has 7 nitrogen and oxygen atoms in total. The smallest absolute Gasteiger partial charge is 0.292 e. The van der Waals surface area contributed by atoms with Crippen molar-refractivity contribution in [3.05, 3.63) is 52.6 Å². The number of pyridine rings is 1. The van der Waals surface area contributed by atoms with Crippen LogP contribution >= 0.6 is 0 Å². The van der Waals surface area contributed by atoms with Crippen molar-refractivity contribution < 1.29 is 13.6 Å². The number of aromatic nitrogens is 3. The summed E-state index contributed by atoms with van der Waals surface area (Å²) in [4.78, 5) is 33.6. The maximum absolute atomic E-state index is 13.5. The Morgan fingerprint density at radius 1 is 1.21 bits per heavy atom. The van der Waals surface area contributed by atoms with Crippen LogP contribution in [0.15, 0.2) is 47.1 Å². The van der Waals surface area contributed by atoms with Crippen LogP contribution in [0.1, 0.15) is 19.3 Å². The number of fused-ring (bicyclic) bond motifs is 4. The number of amides is 1. The highest BCUT2D eigenvalue weighted by Crippen LogP contribution is 2.53. The fraction of sp³-hybridized carbons (Fsp3) is 0.500. The third-order valence-electron chi connectivity index (χ3n) is 7.63. The van der Waals surface area contributed by atoms with Crippen molar-refractivity contribution in [3.63, 3.8) is 0 Å². The van der Waals surface area contributed by atoms with Crippen molar-refractivity contribution in [2.24, 2.45) is 24.8 Å². The lowest BCUT2D eigenvalue weighted by atomic mass is 9.82. The molecule has 172 valence electrons. The number of piperidine rings is 2.